The van der Waals surface area contributed by atoms with Crippen LogP contribution >= 0.6 is 35.4 Å². The molecule has 23 heavy (non-hydrogen) atoms. The Morgan fingerprint density at radius 1 is 1.13 bits per heavy atom. The van der Waals surface area contributed by atoms with Crippen LogP contribution in [0.4, 0.5) is 5.69 Å². The Morgan fingerprint density at radius 3 is 2.43 bits per heavy atom. The molecule has 7 heteroatoms. The van der Waals surface area contributed by atoms with Gasteiger partial charge in [0.2, 0.25) is 0 Å². The van der Waals surface area contributed by atoms with E-state index < -0.39 is 0 Å². The van der Waals surface area contributed by atoms with E-state index in [0.29, 0.717) is 15.7 Å². The van der Waals surface area contributed by atoms with E-state index in [0.717, 1.165) is 16.8 Å². The van der Waals surface area contributed by atoms with E-state index in [4.69, 9.17) is 35.4 Å². The first-order valence-corrected chi connectivity index (χ1v) is 7.88. The van der Waals surface area contributed by atoms with Gasteiger partial charge in [-0.1, -0.05) is 29.3 Å². The molecule has 0 bridgehead atoms. The topological polar surface area (TPSA) is 56.7 Å². The van der Waals surface area contributed by atoms with Gasteiger partial charge >= 0.3 is 0 Å². The molecule has 0 radical (unpaired) electrons. The third kappa shape index (κ3) is 5.10. The molecule has 0 aliphatic heterocycles. The van der Waals surface area contributed by atoms with Gasteiger partial charge in [0, 0.05) is 16.3 Å². The number of phenolic OH excluding ortho intramolecular Hbond substituents is 1. The third-order valence-electron chi connectivity index (χ3n) is 2.91. The zero-order valence-electron chi connectivity index (χ0n) is 12.5. The second-order valence-corrected chi connectivity index (χ2v) is 6.28. The Hall–Kier alpha value is -1.82. The first-order valence-electron chi connectivity index (χ1n) is 6.71. The number of hydrazone groups is 1. The maximum Gasteiger partial charge on any atom is 0.191 e. The lowest BCUT2D eigenvalue weighted by Crippen LogP contribution is -2.23. The van der Waals surface area contributed by atoms with Crippen LogP contribution in [0.5, 0.6) is 5.75 Å². The van der Waals surface area contributed by atoms with Gasteiger partial charge in [0.15, 0.2) is 5.11 Å². The quantitative estimate of drug-likeness (QED) is 0.420. The van der Waals surface area contributed by atoms with Crippen molar-refractivity contribution in [1.82, 2.24) is 5.43 Å². The van der Waals surface area contributed by atoms with Crippen molar-refractivity contribution in [3.05, 3.63) is 57.1 Å². The molecule has 0 heterocycles. The lowest BCUT2D eigenvalue weighted by molar-refractivity contribution is 0.474. The van der Waals surface area contributed by atoms with Crippen molar-refractivity contribution in [2.75, 3.05) is 5.32 Å². The summed E-state index contributed by atoms with van der Waals surface area (Å²) in [6.45, 7) is 4.02. The minimum atomic E-state index is -0.0881. The number of hydrogen-bond acceptors (Lipinski definition) is 3. The summed E-state index contributed by atoms with van der Waals surface area (Å²) in [5, 5.41) is 17.7. The van der Waals surface area contributed by atoms with E-state index in [1.54, 1.807) is 6.07 Å². The van der Waals surface area contributed by atoms with E-state index in [9.17, 15) is 5.11 Å². The van der Waals surface area contributed by atoms with Crippen molar-refractivity contribution in [3.8, 4) is 5.75 Å². The van der Waals surface area contributed by atoms with Gasteiger partial charge in [0.1, 0.15) is 5.75 Å². The van der Waals surface area contributed by atoms with Crippen molar-refractivity contribution >= 4 is 52.4 Å². The van der Waals surface area contributed by atoms with Crippen LogP contribution in [0.15, 0.2) is 35.4 Å². The Labute approximate surface area is 150 Å². The van der Waals surface area contributed by atoms with Crippen LogP contribution in [0.3, 0.4) is 0 Å². The third-order valence-corrected chi connectivity index (χ3v) is 3.61. The highest BCUT2D eigenvalue weighted by Gasteiger charge is 2.06. The van der Waals surface area contributed by atoms with Gasteiger partial charge in [-0.05, 0) is 61.5 Å². The van der Waals surface area contributed by atoms with Crippen LogP contribution in [-0.2, 0) is 0 Å². The van der Waals surface area contributed by atoms with Crippen LogP contribution in [-0.4, -0.2) is 16.4 Å². The number of aryl methyl sites for hydroxylation is 2. The summed E-state index contributed by atoms with van der Waals surface area (Å²) >= 11 is 16.9. The molecular formula is C16H15Cl2N3OS. The molecule has 0 aliphatic rings. The summed E-state index contributed by atoms with van der Waals surface area (Å²) in [6, 6.07) is 9.04. The first kappa shape index (κ1) is 17.5. The van der Waals surface area contributed by atoms with Crippen molar-refractivity contribution in [1.29, 1.82) is 0 Å². The zero-order valence-corrected chi connectivity index (χ0v) is 14.9. The highest BCUT2D eigenvalue weighted by molar-refractivity contribution is 7.80. The number of anilines is 1. The standard InChI is InChI=1S/C16H15Cl2N3OS/c1-9-3-10(2)5-13(4-9)20-16(23)21-19-8-11-6-12(17)7-14(18)15(11)22/h3-8,22H,1-2H3,(H2,20,21,23)/b19-8+. The molecule has 0 atom stereocenters. The molecule has 0 spiro atoms. The number of nitrogens with zero attached hydrogens (tertiary/aromatic N) is 1. The Bertz CT molecular complexity index is 758. The monoisotopic (exact) mass is 367 g/mol. The molecule has 3 N–H and O–H groups in total. The molecule has 0 aliphatic carbocycles. The summed E-state index contributed by atoms with van der Waals surface area (Å²) in [5.41, 5.74) is 6.22. The van der Waals surface area contributed by atoms with Crippen molar-refractivity contribution in [3.63, 3.8) is 0 Å². The molecule has 0 saturated heterocycles. The molecule has 0 unspecified atom stereocenters. The number of aromatic hydroxyl groups is 1. The number of halogens is 2. The Balaban J connectivity index is 2.01. The number of benzene rings is 2. The second kappa shape index (κ2) is 7.64. The molecule has 2 aromatic rings. The van der Waals surface area contributed by atoms with Gasteiger partial charge in [-0.3, -0.25) is 5.43 Å². The number of rotatable bonds is 3. The first-order chi connectivity index (χ1) is 10.8. The SMILES string of the molecule is Cc1cc(C)cc(NC(=S)N/N=C/c2cc(Cl)cc(Cl)c2O)c1. The number of phenols is 1. The average molecular weight is 368 g/mol. The van der Waals surface area contributed by atoms with E-state index in [-0.39, 0.29) is 10.8 Å². The van der Waals surface area contributed by atoms with Crippen LogP contribution in [0.1, 0.15) is 16.7 Å². The number of thiocarbonyl (C=S) groups is 1. The lowest BCUT2D eigenvalue weighted by Gasteiger charge is -2.09. The fraction of sp³-hybridized carbons (Fsp3) is 0.125. The highest BCUT2D eigenvalue weighted by atomic mass is 35.5. The molecule has 2 aromatic carbocycles. The Kier molecular flexibility index (Phi) is 5.82. The van der Waals surface area contributed by atoms with E-state index in [2.05, 4.69) is 21.9 Å². The summed E-state index contributed by atoms with van der Waals surface area (Å²) in [4.78, 5) is 0. The van der Waals surface area contributed by atoms with Crippen LogP contribution in [0, 0.1) is 13.8 Å². The van der Waals surface area contributed by atoms with Gasteiger partial charge in [0.05, 0.1) is 11.2 Å². The summed E-state index contributed by atoms with van der Waals surface area (Å²) < 4.78 is 0. The number of hydrogen-bond donors (Lipinski definition) is 3. The predicted molar refractivity (Wildman–Crippen MR) is 101 cm³/mol. The van der Waals surface area contributed by atoms with Crippen molar-refractivity contribution < 1.29 is 5.11 Å². The Morgan fingerprint density at radius 2 is 1.78 bits per heavy atom. The average Bonchev–Trinajstić information content (AvgIpc) is 2.42. The van der Waals surface area contributed by atoms with Crippen molar-refractivity contribution in [2.45, 2.75) is 13.8 Å². The maximum absolute atomic E-state index is 9.83. The second-order valence-electron chi connectivity index (χ2n) is 5.03. The molecule has 0 amide bonds. The smallest absolute Gasteiger partial charge is 0.191 e. The van der Waals surface area contributed by atoms with Gasteiger partial charge in [-0.2, -0.15) is 5.10 Å². The molecule has 120 valence electrons. The fourth-order valence-corrected chi connectivity index (χ4v) is 2.73. The molecule has 2 rings (SSSR count). The molecule has 0 fully saturated rings. The van der Waals surface area contributed by atoms with Crippen LogP contribution in [0.2, 0.25) is 10.0 Å². The van der Waals surface area contributed by atoms with Crippen molar-refractivity contribution in [2.24, 2.45) is 5.10 Å². The molecule has 0 aromatic heterocycles. The van der Waals surface area contributed by atoms with Gasteiger partial charge in [-0.25, -0.2) is 0 Å². The fourth-order valence-electron chi connectivity index (χ4n) is 2.05. The molecule has 4 nitrogen and oxygen atoms in total. The summed E-state index contributed by atoms with van der Waals surface area (Å²) in [6.07, 6.45) is 1.39. The minimum Gasteiger partial charge on any atom is -0.506 e. The highest BCUT2D eigenvalue weighted by Crippen LogP contribution is 2.29. The summed E-state index contributed by atoms with van der Waals surface area (Å²) in [7, 11) is 0. The van der Waals surface area contributed by atoms with E-state index in [1.807, 2.05) is 26.0 Å². The number of nitrogens with one attached hydrogen (secondary N) is 2. The summed E-state index contributed by atoms with van der Waals surface area (Å²) in [5.74, 6) is -0.0881. The van der Waals surface area contributed by atoms with Gasteiger partial charge < -0.3 is 10.4 Å². The molecular weight excluding hydrogens is 353 g/mol. The van der Waals surface area contributed by atoms with E-state index in [1.165, 1.54) is 12.3 Å². The zero-order chi connectivity index (χ0) is 17.0. The van der Waals surface area contributed by atoms with Gasteiger partial charge in [0.25, 0.3) is 0 Å². The van der Waals surface area contributed by atoms with Crippen LogP contribution < -0.4 is 10.7 Å². The normalized spacial score (nSPS) is 10.8. The molecule has 0 saturated carbocycles. The minimum absolute atomic E-state index is 0.0881. The van der Waals surface area contributed by atoms with Gasteiger partial charge in [-0.15, -0.1) is 0 Å². The van der Waals surface area contributed by atoms with Crippen LogP contribution in [0.25, 0.3) is 0 Å². The lowest BCUT2D eigenvalue weighted by atomic mass is 10.1. The van der Waals surface area contributed by atoms with E-state index >= 15 is 0 Å². The largest absolute Gasteiger partial charge is 0.506 e. The maximum atomic E-state index is 9.83. The predicted octanol–water partition coefficient (Wildman–Crippen LogP) is 4.64.